The molecule has 3 nitrogen and oxygen atoms in total. The molecule has 4 heteroatoms. The predicted molar refractivity (Wildman–Crippen MR) is 71.8 cm³/mol. The summed E-state index contributed by atoms with van der Waals surface area (Å²) < 4.78 is 0. The molecule has 0 spiro atoms. The fourth-order valence-electron chi connectivity index (χ4n) is 2.77. The maximum Gasteiger partial charge on any atom is 0.180 e. The van der Waals surface area contributed by atoms with Gasteiger partial charge in [0.15, 0.2) is 5.13 Å². The highest BCUT2D eigenvalue weighted by atomic mass is 32.1. The van der Waals surface area contributed by atoms with E-state index in [2.05, 4.69) is 18.8 Å². The first-order chi connectivity index (χ1) is 8.01. The van der Waals surface area contributed by atoms with Crippen molar-refractivity contribution in [3.63, 3.8) is 0 Å². The molecule has 3 N–H and O–H groups in total. The van der Waals surface area contributed by atoms with Gasteiger partial charge in [-0.05, 0) is 37.5 Å². The van der Waals surface area contributed by atoms with Crippen LogP contribution in [-0.4, -0.2) is 10.1 Å². The van der Waals surface area contributed by atoms with Crippen LogP contribution in [0.3, 0.4) is 0 Å². The quantitative estimate of drug-likeness (QED) is 0.797. The molecule has 0 amide bonds. The monoisotopic (exact) mass is 254 g/mol. The molecule has 2 atom stereocenters. The van der Waals surface area contributed by atoms with E-state index in [9.17, 15) is 5.11 Å². The molecule has 1 aliphatic rings. The van der Waals surface area contributed by atoms with Gasteiger partial charge in [0.1, 0.15) is 5.60 Å². The van der Waals surface area contributed by atoms with Gasteiger partial charge in [-0.25, -0.2) is 4.98 Å². The molecule has 1 fully saturated rings. The van der Waals surface area contributed by atoms with E-state index in [0.717, 1.165) is 36.5 Å². The van der Waals surface area contributed by atoms with Crippen molar-refractivity contribution >= 4 is 16.5 Å². The molecule has 2 rings (SSSR count). The second-order valence-corrected chi connectivity index (χ2v) is 6.59. The summed E-state index contributed by atoms with van der Waals surface area (Å²) in [5.41, 5.74) is 4.97. The first-order valence-corrected chi connectivity index (χ1v) is 7.27. The molecule has 1 saturated carbocycles. The third-order valence-corrected chi connectivity index (χ3v) is 5.04. The molecule has 1 aromatic heterocycles. The Morgan fingerprint density at radius 3 is 2.82 bits per heavy atom. The van der Waals surface area contributed by atoms with Crippen molar-refractivity contribution in [2.24, 2.45) is 11.8 Å². The highest BCUT2D eigenvalue weighted by Gasteiger charge is 2.34. The highest BCUT2D eigenvalue weighted by molar-refractivity contribution is 7.15. The van der Waals surface area contributed by atoms with E-state index in [1.165, 1.54) is 17.8 Å². The van der Waals surface area contributed by atoms with E-state index in [1.807, 2.05) is 0 Å². The molecule has 0 radical (unpaired) electrons. The van der Waals surface area contributed by atoms with Gasteiger partial charge in [-0.1, -0.05) is 31.6 Å². The summed E-state index contributed by atoms with van der Waals surface area (Å²) in [5, 5.41) is 11.3. The number of nitrogens with two attached hydrogens (primary N) is 1. The van der Waals surface area contributed by atoms with Crippen LogP contribution in [0.15, 0.2) is 6.20 Å². The fourth-order valence-corrected chi connectivity index (χ4v) is 3.60. The predicted octanol–water partition coefficient (Wildman–Crippen LogP) is 3.15. The summed E-state index contributed by atoms with van der Waals surface area (Å²) in [5.74, 6) is 1.46. The van der Waals surface area contributed by atoms with Crippen molar-refractivity contribution in [1.82, 2.24) is 4.98 Å². The molecule has 17 heavy (non-hydrogen) atoms. The lowest BCUT2D eigenvalue weighted by molar-refractivity contribution is 0.0225. The number of nitrogens with zero attached hydrogens (tertiary/aromatic N) is 1. The molecule has 1 aromatic rings. The Morgan fingerprint density at radius 1 is 1.47 bits per heavy atom. The largest absolute Gasteiger partial charge is 0.384 e. The fraction of sp³-hybridized carbons (Fsp3) is 0.769. The maximum absolute atomic E-state index is 10.8. The van der Waals surface area contributed by atoms with Crippen molar-refractivity contribution in [2.75, 3.05) is 5.73 Å². The van der Waals surface area contributed by atoms with Crippen molar-refractivity contribution in [2.45, 2.75) is 51.6 Å². The van der Waals surface area contributed by atoms with Crippen LogP contribution in [0.1, 0.15) is 50.8 Å². The van der Waals surface area contributed by atoms with Gasteiger partial charge in [0, 0.05) is 6.20 Å². The van der Waals surface area contributed by atoms with Crippen molar-refractivity contribution in [1.29, 1.82) is 0 Å². The van der Waals surface area contributed by atoms with Gasteiger partial charge >= 0.3 is 0 Å². The van der Waals surface area contributed by atoms with Crippen LogP contribution in [0.5, 0.6) is 0 Å². The molecule has 1 aliphatic carbocycles. The Labute approximate surface area is 107 Å². The van der Waals surface area contributed by atoms with Crippen LogP contribution in [-0.2, 0) is 5.60 Å². The molecule has 1 heterocycles. The maximum atomic E-state index is 10.8. The number of hydrogen-bond acceptors (Lipinski definition) is 4. The average molecular weight is 254 g/mol. The SMILES string of the molecule is CC(C)C1CCCC(O)(c2cnc(N)s2)CC1. The van der Waals surface area contributed by atoms with Crippen LogP contribution in [0, 0.1) is 11.8 Å². The molecule has 96 valence electrons. The van der Waals surface area contributed by atoms with Crippen LogP contribution in [0.2, 0.25) is 0 Å². The molecule has 0 bridgehead atoms. The Hall–Kier alpha value is -0.610. The standard InChI is InChI=1S/C13H22N2OS/c1-9(2)10-4-3-6-13(16,7-5-10)11-8-15-12(14)17-11/h8-10,16H,3-7H2,1-2H3,(H2,14,15). The molecular weight excluding hydrogens is 232 g/mol. The average Bonchev–Trinajstić information content (AvgIpc) is 2.59. The van der Waals surface area contributed by atoms with E-state index < -0.39 is 5.60 Å². The summed E-state index contributed by atoms with van der Waals surface area (Å²) in [6.07, 6.45) is 6.86. The van der Waals surface area contributed by atoms with E-state index in [1.54, 1.807) is 6.20 Å². The first-order valence-electron chi connectivity index (χ1n) is 6.45. The summed E-state index contributed by atoms with van der Waals surface area (Å²) in [4.78, 5) is 5.00. The zero-order chi connectivity index (χ0) is 12.5. The minimum atomic E-state index is -0.682. The summed E-state index contributed by atoms with van der Waals surface area (Å²) in [6, 6.07) is 0. The van der Waals surface area contributed by atoms with Gasteiger partial charge in [-0.15, -0.1) is 0 Å². The lowest BCUT2D eigenvalue weighted by atomic mass is 9.87. The topological polar surface area (TPSA) is 59.1 Å². The third-order valence-electron chi connectivity index (χ3n) is 4.02. The Kier molecular flexibility index (Phi) is 3.73. The lowest BCUT2D eigenvalue weighted by Crippen LogP contribution is -2.23. The van der Waals surface area contributed by atoms with Crippen LogP contribution >= 0.6 is 11.3 Å². The molecule has 0 aromatic carbocycles. The van der Waals surface area contributed by atoms with E-state index in [-0.39, 0.29) is 0 Å². The number of thiazole rings is 1. The number of rotatable bonds is 2. The normalized spacial score (nSPS) is 30.5. The third kappa shape index (κ3) is 2.80. The second-order valence-electron chi connectivity index (χ2n) is 5.53. The van der Waals surface area contributed by atoms with Gasteiger partial charge in [0.05, 0.1) is 4.88 Å². The van der Waals surface area contributed by atoms with Crippen molar-refractivity contribution < 1.29 is 5.11 Å². The van der Waals surface area contributed by atoms with Crippen LogP contribution in [0.25, 0.3) is 0 Å². The summed E-state index contributed by atoms with van der Waals surface area (Å²) in [6.45, 7) is 4.56. The Bertz CT molecular complexity index is 377. The molecule has 0 aliphatic heterocycles. The van der Waals surface area contributed by atoms with Crippen LogP contribution in [0.4, 0.5) is 5.13 Å². The van der Waals surface area contributed by atoms with E-state index in [4.69, 9.17) is 5.73 Å². The van der Waals surface area contributed by atoms with Gasteiger partial charge in [0.25, 0.3) is 0 Å². The number of nitrogen functional groups attached to an aromatic ring is 1. The molecular formula is C13H22N2OS. The summed E-state index contributed by atoms with van der Waals surface area (Å²) >= 11 is 1.43. The Balaban J connectivity index is 2.11. The van der Waals surface area contributed by atoms with Gasteiger partial charge in [-0.3, -0.25) is 0 Å². The smallest absolute Gasteiger partial charge is 0.180 e. The summed E-state index contributed by atoms with van der Waals surface area (Å²) in [7, 11) is 0. The number of anilines is 1. The van der Waals surface area contributed by atoms with E-state index in [0.29, 0.717) is 11.0 Å². The zero-order valence-electron chi connectivity index (χ0n) is 10.6. The molecule has 0 saturated heterocycles. The highest BCUT2D eigenvalue weighted by Crippen LogP contribution is 2.41. The van der Waals surface area contributed by atoms with Crippen molar-refractivity contribution in [3.8, 4) is 0 Å². The Morgan fingerprint density at radius 2 is 2.24 bits per heavy atom. The van der Waals surface area contributed by atoms with E-state index >= 15 is 0 Å². The second kappa shape index (κ2) is 4.94. The van der Waals surface area contributed by atoms with Crippen LogP contribution < -0.4 is 5.73 Å². The lowest BCUT2D eigenvalue weighted by Gasteiger charge is -2.25. The molecule has 2 unspecified atom stereocenters. The minimum absolute atomic E-state index is 0.554. The minimum Gasteiger partial charge on any atom is -0.384 e. The number of aliphatic hydroxyl groups is 1. The van der Waals surface area contributed by atoms with Crippen molar-refractivity contribution in [3.05, 3.63) is 11.1 Å². The number of hydrogen-bond donors (Lipinski definition) is 2. The number of aromatic nitrogens is 1. The zero-order valence-corrected chi connectivity index (χ0v) is 11.5. The van der Waals surface area contributed by atoms with Gasteiger partial charge < -0.3 is 10.8 Å². The van der Waals surface area contributed by atoms with Gasteiger partial charge in [0.2, 0.25) is 0 Å². The van der Waals surface area contributed by atoms with Gasteiger partial charge in [-0.2, -0.15) is 0 Å². The first kappa shape index (κ1) is 12.8.